The van der Waals surface area contributed by atoms with E-state index < -0.39 is 69.6 Å². The average molecular weight is 526 g/mol. The highest BCUT2D eigenvalue weighted by molar-refractivity contribution is 5.97. The third kappa shape index (κ3) is 4.51. The zero-order valence-corrected chi connectivity index (χ0v) is 22.4. The van der Waals surface area contributed by atoms with Crippen LogP contribution in [0.3, 0.4) is 0 Å². The summed E-state index contributed by atoms with van der Waals surface area (Å²) in [6, 6.07) is 10.3. The number of allylic oxidation sites excluding steroid dienone is 1. The van der Waals surface area contributed by atoms with E-state index in [9.17, 15) is 34.7 Å². The topological polar surface area (TPSA) is 151 Å². The van der Waals surface area contributed by atoms with Crippen molar-refractivity contribution in [3.8, 4) is 6.07 Å². The highest BCUT2D eigenvalue weighted by Gasteiger charge is 2.73. The Bertz CT molecular complexity index is 1190. The summed E-state index contributed by atoms with van der Waals surface area (Å²) in [5.74, 6) is -5.42. The first-order valence-corrected chi connectivity index (χ1v) is 12.5. The quantitative estimate of drug-likeness (QED) is 0.401. The Morgan fingerprint density at radius 1 is 1.21 bits per heavy atom. The van der Waals surface area contributed by atoms with Crippen molar-refractivity contribution in [2.24, 2.45) is 28.1 Å². The molecule has 9 nitrogen and oxygen atoms in total. The van der Waals surface area contributed by atoms with Crippen LogP contribution < -0.4 is 0 Å². The number of fused-ring (bicyclic) bond motifs is 1. The predicted octanol–water partition coefficient (Wildman–Crippen LogP) is 3.71. The van der Waals surface area contributed by atoms with Crippen LogP contribution >= 0.6 is 0 Å². The molecule has 1 aromatic rings. The predicted molar refractivity (Wildman–Crippen MR) is 135 cm³/mol. The van der Waals surface area contributed by atoms with Crippen LogP contribution in [0, 0.1) is 39.4 Å². The van der Waals surface area contributed by atoms with Gasteiger partial charge in [0.15, 0.2) is 11.4 Å². The van der Waals surface area contributed by atoms with Gasteiger partial charge in [-0.05, 0) is 50.7 Å². The van der Waals surface area contributed by atoms with Gasteiger partial charge in [-0.25, -0.2) is 4.79 Å². The van der Waals surface area contributed by atoms with E-state index in [0.29, 0.717) is 0 Å². The molecule has 2 aliphatic carbocycles. The van der Waals surface area contributed by atoms with Crippen LogP contribution in [0.4, 0.5) is 0 Å². The number of carboxylic acid groups (broad SMARTS) is 1. The van der Waals surface area contributed by atoms with Crippen molar-refractivity contribution >= 4 is 23.7 Å². The number of carbonyl (C=O) groups excluding carboxylic acids is 3. The SMILES string of the molecule is C=C[C@@]1(C)C[C@@H](OC(=O)c2ccccc2)[C@@H]2[C@@](C)(CC#N)[C@H](C(C)(C)C(=O)O)C[C@@H](OC(C)=O)[C@@]2(O)C1=O. The van der Waals surface area contributed by atoms with Crippen LogP contribution in [0.25, 0.3) is 0 Å². The fourth-order valence-corrected chi connectivity index (χ4v) is 6.74. The number of Topliss-reactive ketones (excluding diaryl/α,β-unsaturated/α-hetero) is 1. The zero-order valence-electron chi connectivity index (χ0n) is 22.4. The Labute approximate surface area is 222 Å². The van der Waals surface area contributed by atoms with Gasteiger partial charge in [-0.3, -0.25) is 14.4 Å². The third-order valence-electron chi connectivity index (χ3n) is 8.71. The van der Waals surface area contributed by atoms with E-state index >= 15 is 0 Å². The van der Waals surface area contributed by atoms with Crippen molar-refractivity contribution in [1.82, 2.24) is 0 Å². The molecule has 0 radical (unpaired) electrons. The van der Waals surface area contributed by atoms with E-state index in [1.165, 1.54) is 19.9 Å². The average Bonchev–Trinajstić information content (AvgIpc) is 2.84. The van der Waals surface area contributed by atoms with E-state index in [1.54, 1.807) is 44.2 Å². The summed E-state index contributed by atoms with van der Waals surface area (Å²) in [4.78, 5) is 51.9. The molecule has 2 aliphatic rings. The number of carboxylic acids is 1. The summed E-state index contributed by atoms with van der Waals surface area (Å²) in [7, 11) is 0. The molecule has 0 unspecified atom stereocenters. The molecule has 0 aliphatic heterocycles. The van der Waals surface area contributed by atoms with Crippen LogP contribution in [0.2, 0.25) is 0 Å². The molecule has 9 heteroatoms. The third-order valence-corrected chi connectivity index (χ3v) is 8.71. The smallest absolute Gasteiger partial charge is 0.338 e. The molecule has 38 heavy (non-hydrogen) atoms. The van der Waals surface area contributed by atoms with Gasteiger partial charge in [-0.2, -0.15) is 5.26 Å². The highest BCUT2D eigenvalue weighted by Crippen LogP contribution is 2.63. The molecule has 2 N–H and O–H groups in total. The fourth-order valence-electron chi connectivity index (χ4n) is 6.74. The standard InChI is InChI=1S/C29H35NO8/c1-7-27(5)16-19(38-23(32)18-11-9-8-10-12-18)22-28(6,13-14-30)20(26(3,4)25(34)35)15-21(37-17(2)31)29(22,36)24(27)33/h7-12,19-22,36H,1,13,15-16H2,2-6H3,(H,34,35)/t19-,20+,21-,22-,27+,28+,29+/m1/s1. The van der Waals surface area contributed by atoms with Gasteiger partial charge in [0.2, 0.25) is 0 Å². The highest BCUT2D eigenvalue weighted by atomic mass is 16.6. The maximum Gasteiger partial charge on any atom is 0.338 e. The summed E-state index contributed by atoms with van der Waals surface area (Å²) in [6.45, 7) is 11.1. The van der Waals surface area contributed by atoms with E-state index in [0.717, 1.165) is 6.92 Å². The minimum atomic E-state index is -2.38. The molecule has 2 fully saturated rings. The number of ketones is 1. The van der Waals surface area contributed by atoms with Crippen molar-refractivity contribution in [3.63, 3.8) is 0 Å². The maximum absolute atomic E-state index is 14.1. The largest absolute Gasteiger partial charge is 0.481 e. The second kappa shape index (κ2) is 9.99. The molecule has 0 spiro atoms. The fraction of sp³-hybridized carbons (Fsp3) is 0.552. The molecule has 2 saturated carbocycles. The molecule has 0 bridgehead atoms. The maximum atomic E-state index is 14.1. The van der Waals surface area contributed by atoms with Crippen molar-refractivity contribution in [2.75, 3.05) is 0 Å². The summed E-state index contributed by atoms with van der Waals surface area (Å²) >= 11 is 0. The number of esters is 2. The van der Waals surface area contributed by atoms with Crippen LogP contribution in [-0.2, 0) is 23.9 Å². The number of nitriles is 1. The van der Waals surface area contributed by atoms with Crippen molar-refractivity contribution < 1.29 is 38.9 Å². The molecule has 1 aromatic carbocycles. The molecule has 0 heterocycles. The van der Waals surface area contributed by atoms with Gasteiger partial charge in [0, 0.05) is 25.7 Å². The molecular weight excluding hydrogens is 490 g/mol. The van der Waals surface area contributed by atoms with Crippen LogP contribution in [0.5, 0.6) is 0 Å². The van der Waals surface area contributed by atoms with E-state index in [1.807, 2.05) is 0 Å². The first-order chi connectivity index (χ1) is 17.6. The number of carbonyl (C=O) groups is 4. The van der Waals surface area contributed by atoms with Gasteiger partial charge < -0.3 is 19.7 Å². The van der Waals surface area contributed by atoms with Crippen molar-refractivity contribution in [3.05, 3.63) is 48.6 Å². The molecule has 7 atom stereocenters. The van der Waals surface area contributed by atoms with Gasteiger partial charge in [-0.1, -0.05) is 31.2 Å². The van der Waals surface area contributed by atoms with E-state index in [-0.39, 0.29) is 24.8 Å². The van der Waals surface area contributed by atoms with Crippen LogP contribution in [0.15, 0.2) is 43.0 Å². The molecule has 0 amide bonds. The minimum absolute atomic E-state index is 0.0606. The van der Waals surface area contributed by atoms with E-state index in [2.05, 4.69) is 12.6 Å². The van der Waals surface area contributed by atoms with Crippen LogP contribution in [-0.4, -0.2) is 51.7 Å². The zero-order chi connectivity index (χ0) is 28.7. The number of rotatable bonds is 7. The Hall–Kier alpha value is -3.51. The lowest BCUT2D eigenvalue weighted by Gasteiger charge is -2.63. The molecule has 0 saturated heterocycles. The number of hydrogen-bond donors (Lipinski definition) is 2. The number of hydrogen-bond acceptors (Lipinski definition) is 8. The van der Waals surface area contributed by atoms with Crippen molar-refractivity contribution in [1.29, 1.82) is 5.26 Å². The Morgan fingerprint density at radius 2 is 1.82 bits per heavy atom. The summed E-state index contributed by atoms with van der Waals surface area (Å²) in [5.41, 5.74) is -6.30. The van der Waals surface area contributed by atoms with E-state index in [4.69, 9.17) is 9.47 Å². The summed E-state index contributed by atoms with van der Waals surface area (Å²) in [6.07, 6.45) is -1.71. The van der Waals surface area contributed by atoms with Gasteiger partial charge in [0.1, 0.15) is 12.2 Å². The van der Waals surface area contributed by atoms with Gasteiger partial charge in [0.25, 0.3) is 0 Å². The van der Waals surface area contributed by atoms with Gasteiger partial charge in [0.05, 0.1) is 22.5 Å². The number of nitrogens with zero attached hydrogens (tertiary/aromatic N) is 1. The molecule has 204 valence electrons. The summed E-state index contributed by atoms with van der Waals surface area (Å²) in [5, 5.41) is 32.4. The lowest BCUT2D eigenvalue weighted by molar-refractivity contribution is -0.255. The number of ether oxygens (including phenoxy) is 2. The molecule has 3 rings (SSSR count). The monoisotopic (exact) mass is 525 g/mol. The van der Waals surface area contributed by atoms with Gasteiger partial charge in [-0.15, -0.1) is 6.58 Å². The first-order valence-electron chi connectivity index (χ1n) is 12.5. The second-order valence-electron chi connectivity index (χ2n) is 11.5. The lowest BCUT2D eigenvalue weighted by atomic mass is 9.42. The normalized spacial score (nSPS) is 34.8. The number of aliphatic carboxylic acids is 1. The summed E-state index contributed by atoms with van der Waals surface area (Å²) < 4.78 is 11.5. The lowest BCUT2D eigenvalue weighted by Crippen LogP contribution is -2.75. The number of benzene rings is 1. The Balaban J connectivity index is 2.31. The second-order valence-corrected chi connectivity index (χ2v) is 11.5. The first kappa shape index (κ1) is 29.1. The molecular formula is C29H35NO8. The number of aliphatic hydroxyl groups is 1. The minimum Gasteiger partial charge on any atom is -0.481 e. The Kier molecular flexibility index (Phi) is 7.64. The van der Waals surface area contributed by atoms with Crippen LogP contribution in [0.1, 0.15) is 64.2 Å². The van der Waals surface area contributed by atoms with Crippen molar-refractivity contribution in [2.45, 2.75) is 71.7 Å². The molecule has 0 aromatic heterocycles. The van der Waals surface area contributed by atoms with Gasteiger partial charge >= 0.3 is 17.9 Å². The Morgan fingerprint density at radius 3 is 2.32 bits per heavy atom.